The second kappa shape index (κ2) is 3.73. The van der Waals surface area contributed by atoms with Crippen molar-refractivity contribution >= 4 is 22.9 Å². The minimum atomic E-state index is -0.801. The fourth-order valence-electron chi connectivity index (χ4n) is 4.06. The molecule has 5 rings (SSSR count). The fourth-order valence-corrected chi connectivity index (χ4v) is 4.06. The summed E-state index contributed by atoms with van der Waals surface area (Å²) in [5, 5.41) is 5.92. The van der Waals surface area contributed by atoms with Crippen LogP contribution >= 0.6 is 0 Å². The predicted octanol–water partition coefficient (Wildman–Crippen LogP) is 0.866. The zero-order valence-corrected chi connectivity index (χ0v) is 12.1. The highest BCUT2D eigenvalue weighted by Crippen LogP contribution is 2.60. The summed E-state index contributed by atoms with van der Waals surface area (Å²) in [6.07, 6.45) is -0.341. The maximum absolute atomic E-state index is 12.2. The van der Waals surface area contributed by atoms with Gasteiger partial charge in [0.25, 0.3) is 0 Å². The number of rotatable bonds is 0. The van der Waals surface area contributed by atoms with E-state index in [9.17, 15) is 14.4 Å². The lowest BCUT2D eigenvalue weighted by Crippen LogP contribution is -2.77. The van der Waals surface area contributed by atoms with Gasteiger partial charge in [-0.05, 0) is 19.1 Å². The Bertz CT molecular complexity index is 965. The SMILES string of the molecule is CC12C(=O)NC(=O)NC1C1c3cc4ccc(=O)oc4cc3OC12. The summed E-state index contributed by atoms with van der Waals surface area (Å²) in [7, 11) is 0. The first-order valence-electron chi connectivity index (χ1n) is 7.35. The van der Waals surface area contributed by atoms with E-state index in [4.69, 9.17) is 9.15 Å². The lowest BCUT2D eigenvalue weighted by Gasteiger charge is -2.56. The number of amides is 3. The lowest BCUT2D eigenvalue weighted by atomic mass is 9.54. The van der Waals surface area contributed by atoms with Crippen molar-refractivity contribution in [3.05, 3.63) is 40.2 Å². The van der Waals surface area contributed by atoms with Crippen LogP contribution in [0.3, 0.4) is 0 Å². The molecule has 4 unspecified atom stereocenters. The van der Waals surface area contributed by atoms with Crippen molar-refractivity contribution in [3.63, 3.8) is 0 Å². The topological polar surface area (TPSA) is 97.6 Å². The van der Waals surface area contributed by atoms with Crippen LogP contribution in [0.5, 0.6) is 5.75 Å². The predicted molar refractivity (Wildman–Crippen MR) is 78.2 cm³/mol. The minimum absolute atomic E-state index is 0.0821. The molecular formula is C16H12N2O5. The van der Waals surface area contributed by atoms with Gasteiger partial charge in [0.15, 0.2) is 0 Å². The summed E-state index contributed by atoms with van der Waals surface area (Å²) < 4.78 is 11.1. The number of carbonyl (C=O) groups is 2. The molecule has 0 bridgehead atoms. The second-order valence-electron chi connectivity index (χ2n) is 6.43. The van der Waals surface area contributed by atoms with Crippen molar-refractivity contribution < 1.29 is 18.7 Å². The van der Waals surface area contributed by atoms with Crippen LogP contribution in [0.1, 0.15) is 18.4 Å². The van der Waals surface area contributed by atoms with Gasteiger partial charge in [-0.1, -0.05) is 0 Å². The molecule has 116 valence electrons. The zero-order chi connectivity index (χ0) is 15.9. The van der Waals surface area contributed by atoms with Crippen molar-refractivity contribution in [3.8, 4) is 5.75 Å². The third-order valence-electron chi connectivity index (χ3n) is 5.29. The fraction of sp³-hybridized carbons (Fsp3) is 0.312. The standard InChI is InChI=1S/C16H12N2O5/c1-16-12(17-15(21)18-14(16)20)11-7-4-6-2-3-10(19)22-8(6)5-9(7)23-13(11)16/h2-5,11-13H,1H3,(H2,17,18,20,21). The number of nitrogens with one attached hydrogen (secondary N) is 2. The van der Waals surface area contributed by atoms with Crippen molar-refractivity contribution in [2.75, 3.05) is 0 Å². The number of benzene rings is 1. The van der Waals surface area contributed by atoms with E-state index < -0.39 is 17.1 Å². The van der Waals surface area contributed by atoms with Gasteiger partial charge in [0.2, 0.25) is 5.91 Å². The van der Waals surface area contributed by atoms with Gasteiger partial charge >= 0.3 is 11.7 Å². The smallest absolute Gasteiger partial charge is 0.336 e. The van der Waals surface area contributed by atoms with E-state index in [-0.39, 0.29) is 24.0 Å². The van der Waals surface area contributed by atoms with Gasteiger partial charge in [0.1, 0.15) is 22.9 Å². The summed E-state index contributed by atoms with van der Waals surface area (Å²) >= 11 is 0. The number of hydrogen-bond donors (Lipinski definition) is 2. The van der Waals surface area contributed by atoms with E-state index >= 15 is 0 Å². The number of urea groups is 1. The molecular weight excluding hydrogens is 300 g/mol. The van der Waals surface area contributed by atoms with Crippen LogP contribution in [0.4, 0.5) is 4.79 Å². The van der Waals surface area contributed by atoms with E-state index in [1.807, 2.05) is 6.07 Å². The van der Waals surface area contributed by atoms with E-state index in [1.54, 1.807) is 19.1 Å². The Morgan fingerprint density at radius 1 is 1.17 bits per heavy atom. The molecule has 0 spiro atoms. The average Bonchev–Trinajstić information content (AvgIpc) is 2.84. The van der Waals surface area contributed by atoms with Gasteiger partial charge in [-0.3, -0.25) is 10.1 Å². The van der Waals surface area contributed by atoms with Crippen LogP contribution in [0.2, 0.25) is 0 Å². The molecule has 1 aromatic carbocycles. The molecule has 7 heteroatoms. The molecule has 2 aromatic rings. The highest BCUT2D eigenvalue weighted by atomic mass is 16.5. The number of imide groups is 1. The Balaban J connectivity index is 1.66. The van der Waals surface area contributed by atoms with Gasteiger partial charge in [-0.15, -0.1) is 0 Å². The minimum Gasteiger partial charge on any atom is -0.488 e. The third-order valence-corrected chi connectivity index (χ3v) is 5.29. The second-order valence-corrected chi connectivity index (χ2v) is 6.43. The first-order chi connectivity index (χ1) is 11.0. The molecule has 3 aliphatic rings. The van der Waals surface area contributed by atoms with Crippen LogP contribution < -0.4 is 21.0 Å². The quantitative estimate of drug-likeness (QED) is 0.703. The summed E-state index contributed by atoms with van der Waals surface area (Å²) in [6.45, 7) is 1.79. The average molecular weight is 312 g/mol. The largest absolute Gasteiger partial charge is 0.488 e. The van der Waals surface area contributed by atoms with Crippen LogP contribution in [-0.2, 0) is 4.79 Å². The number of fused-ring (bicyclic) bond motifs is 7. The highest BCUT2D eigenvalue weighted by molar-refractivity contribution is 6.02. The molecule has 2 aliphatic heterocycles. The monoisotopic (exact) mass is 312 g/mol. The molecule has 23 heavy (non-hydrogen) atoms. The Hall–Kier alpha value is -2.83. The maximum Gasteiger partial charge on any atom is 0.336 e. The van der Waals surface area contributed by atoms with E-state index in [0.29, 0.717) is 11.3 Å². The molecule has 1 saturated heterocycles. The van der Waals surface area contributed by atoms with Crippen LogP contribution in [-0.4, -0.2) is 24.1 Å². The van der Waals surface area contributed by atoms with Gasteiger partial charge in [0.05, 0.1) is 6.04 Å². The first kappa shape index (κ1) is 12.7. The van der Waals surface area contributed by atoms with Crippen molar-refractivity contribution in [2.45, 2.75) is 25.0 Å². The summed E-state index contributed by atoms with van der Waals surface area (Å²) in [5.41, 5.74) is 0.142. The molecule has 4 atom stereocenters. The molecule has 7 nitrogen and oxygen atoms in total. The third kappa shape index (κ3) is 1.37. The van der Waals surface area contributed by atoms with E-state index in [0.717, 1.165) is 10.9 Å². The Labute approximate surface area is 129 Å². The molecule has 3 amide bonds. The maximum atomic E-state index is 12.2. The van der Waals surface area contributed by atoms with Crippen molar-refractivity contribution in [1.82, 2.24) is 10.6 Å². The Morgan fingerprint density at radius 3 is 2.83 bits per heavy atom. The van der Waals surface area contributed by atoms with Crippen LogP contribution in [0, 0.1) is 5.41 Å². The molecule has 1 aromatic heterocycles. The number of carbonyl (C=O) groups excluding carboxylic acids is 2. The van der Waals surface area contributed by atoms with Gasteiger partial charge in [0, 0.05) is 29.0 Å². The molecule has 3 heterocycles. The molecule has 1 saturated carbocycles. The van der Waals surface area contributed by atoms with Crippen LogP contribution in [0.25, 0.3) is 11.0 Å². The normalized spacial score (nSPS) is 33.7. The molecule has 0 radical (unpaired) electrons. The van der Waals surface area contributed by atoms with Crippen molar-refractivity contribution in [1.29, 1.82) is 0 Å². The van der Waals surface area contributed by atoms with Gasteiger partial charge < -0.3 is 14.5 Å². The number of hydrogen-bond acceptors (Lipinski definition) is 5. The highest BCUT2D eigenvalue weighted by Gasteiger charge is 2.70. The van der Waals surface area contributed by atoms with Gasteiger partial charge in [-0.2, -0.15) is 0 Å². The molecule has 2 fully saturated rings. The van der Waals surface area contributed by atoms with Crippen LogP contribution in [0.15, 0.2) is 33.5 Å². The zero-order valence-electron chi connectivity index (χ0n) is 12.1. The van der Waals surface area contributed by atoms with Gasteiger partial charge in [-0.25, -0.2) is 9.59 Å². The van der Waals surface area contributed by atoms with Crippen molar-refractivity contribution in [2.24, 2.45) is 5.41 Å². The Morgan fingerprint density at radius 2 is 2.00 bits per heavy atom. The lowest BCUT2D eigenvalue weighted by molar-refractivity contribution is -0.153. The number of ether oxygens (including phenoxy) is 1. The van der Waals surface area contributed by atoms with E-state index in [1.165, 1.54) is 6.07 Å². The summed E-state index contributed by atoms with van der Waals surface area (Å²) in [4.78, 5) is 35.2. The van der Waals surface area contributed by atoms with E-state index in [2.05, 4.69) is 10.6 Å². The first-order valence-corrected chi connectivity index (χ1v) is 7.35. The summed E-state index contributed by atoms with van der Waals surface area (Å²) in [6, 6.07) is 5.86. The Kier molecular flexibility index (Phi) is 2.06. The summed E-state index contributed by atoms with van der Waals surface area (Å²) in [5.74, 6) is 0.192. The molecule has 1 aliphatic carbocycles. The molecule has 2 N–H and O–H groups in total.